The Bertz CT molecular complexity index is 273. The van der Waals surface area contributed by atoms with Crippen LogP contribution in [-0.2, 0) is 13.5 Å². The molecule has 0 radical (unpaired) electrons. The Labute approximate surface area is 72.6 Å². The standard InChI is InChI=1S/C9H15N3/c1-12-8(2-5-11-12)6-9(7-10)3-4-9/h2,5H,3-4,6-7,10H2,1H3. The van der Waals surface area contributed by atoms with E-state index >= 15 is 0 Å². The van der Waals surface area contributed by atoms with Crippen LogP contribution in [0, 0.1) is 5.41 Å². The highest BCUT2D eigenvalue weighted by molar-refractivity contribution is 5.09. The lowest BCUT2D eigenvalue weighted by atomic mass is 10.0. The highest BCUT2D eigenvalue weighted by Crippen LogP contribution is 2.47. The first kappa shape index (κ1) is 7.80. The Hall–Kier alpha value is -0.830. The van der Waals surface area contributed by atoms with Crippen molar-refractivity contribution in [2.24, 2.45) is 18.2 Å². The van der Waals surface area contributed by atoms with Crippen molar-refractivity contribution in [2.45, 2.75) is 19.3 Å². The highest BCUT2D eigenvalue weighted by atomic mass is 15.3. The molecule has 3 heteroatoms. The SMILES string of the molecule is Cn1nccc1CC1(CN)CC1. The molecule has 0 unspecified atom stereocenters. The summed E-state index contributed by atoms with van der Waals surface area (Å²) >= 11 is 0. The van der Waals surface area contributed by atoms with Crippen molar-refractivity contribution in [1.82, 2.24) is 9.78 Å². The Balaban J connectivity index is 2.08. The maximum Gasteiger partial charge on any atom is 0.0492 e. The molecule has 0 aromatic carbocycles. The second kappa shape index (κ2) is 2.59. The van der Waals surface area contributed by atoms with E-state index in [2.05, 4.69) is 11.2 Å². The zero-order chi connectivity index (χ0) is 8.60. The van der Waals surface area contributed by atoms with Crippen LogP contribution < -0.4 is 5.73 Å². The molecule has 12 heavy (non-hydrogen) atoms. The molecule has 1 aromatic rings. The molecule has 2 rings (SSSR count). The second-order valence-corrected chi connectivity index (χ2v) is 3.83. The van der Waals surface area contributed by atoms with Gasteiger partial charge in [-0.3, -0.25) is 4.68 Å². The molecular formula is C9H15N3. The average molecular weight is 165 g/mol. The van der Waals surface area contributed by atoms with Gasteiger partial charge in [0.05, 0.1) is 0 Å². The van der Waals surface area contributed by atoms with Crippen LogP contribution in [0.2, 0.25) is 0 Å². The lowest BCUT2D eigenvalue weighted by molar-refractivity contribution is 0.498. The molecule has 1 aliphatic rings. The first-order chi connectivity index (χ1) is 5.76. The summed E-state index contributed by atoms with van der Waals surface area (Å²) in [6.45, 7) is 0.818. The third kappa shape index (κ3) is 1.25. The fraction of sp³-hybridized carbons (Fsp3) is 0.667. The fourth-order valence-electron chi connectivity index (χ4n) is 1.59. The molecule has 0 atom stereocenters. The molecule has 1 heterocycles. The maximum atomic E-state index is 5.71. The minimum Gasteiger partial charge on any atom is -0.330 e. The third-order valence-electron chi connectivity index (χ3n) is 2.87. The predicted octanol–water partition coefficient (Wildman–Crippen LogP) is 0.702. The Morgan fingerprint density at radius 3 is 2.83 bits per heavy atom. The summed E-state index contributed by atoms with van der Waals surface area (Å²) in [4.78, 5) is 0. The van der Waals surface area contributed by atoms with Crippen LogP contribution in [0.3, 0.4) is 0 Å². The number of hydrogen-bond acceptors (Lipinski definition) is 2. The van der Waals surface area contributed by atoms with E-state index in [4.69, 9.17) is 5.73 Å². The smallest absolute Gasteiger partial charge is 0.0492 e. The minimum absolute atomic E-state index is 0.424. The van der Waals surface area contributed by atoms with Gasteiger partial charge >= 0.3 is 0 Å². The summed E-state index contributed by atoms with van der Waals surface area (Å²) in [5.41, 5.74) is 7.43. The average Bonchev–Trinajstić information content (AvgIpc) is 2.74. The largest absolute Gasteiger partial charge is 0.330 e. The molecule has 1 aliphatic carbocycles. The van der Waals surface area contributed by atoms with E-state index in [0.29, 0.717) is 5.41 Å². The second-order valence-electron chi connectivity index (χ2n) is 3.83. The van der Waals surface area contributed by atoms with Crippen molar-refractivity contribution in [3.8, 4) is 0 Å². The van der Waals surface area contributed by atoms with Gasteiger partial charge in [-0.1, -0.05) is 0 Å². The Kier molecular flexibility index (Phi) is 1.68. The van der Waals surface area contributed by atoms with Gasteiger partial charge in [0.25, 0.3) is 0 Å². The molecule has 3 nitrogen and oxygen atoms in total. The number of aryl methyl sites for hydroxylation is 1. The number of nitrogens with zero attached hydrogens (tertiary/aromatic N) is 2. The quantitative estimate of drug-likeness (QED) is 0.716. The molecule has 0 amide bonds. The van der Waals surface area contributed by atoms with Crippen molar-refractivity contribution in [2.75, 3.05) is 6.54 Å². The van der Waals surface area contributed by atoms with Gasteiger partial charge in [-0.2, -0.15) is 5.10 Å². The summed E-state index contributed by atoms with van der Waals surface area (Å²) in [5.74, 6) is 0. The van der Waals surface area contributed by atoms with Gasteiger partial charge in [-0.25, -0.2) is 0 Å². The van der Waals surface area contributed by atoms with E-state index in [-0.39, 0.29) is 0 Å². The molecule has 0 saturated heterocycles. The normalized spacial score (nSPS) is 19.5. The van der Waals surface area contributed by atoms with E-state index < -0.39 is 0 Å². The Morgan fingerprint density at radius 2 is 2.42 bits per heavy atom. The highest BCUT2D eigenvalue weighted by Gasteiger charge is 2.41. The van der Waals surface area contributed by atoms with E-state index in [1.54, 1.807) is 0 Å². The van der Waals surface area contributed by atoms with Crippen LogP contribution in [0.4, 0.5) is 0 Å². The maximum absolute atomic E-state index is 5.71. The number of nitrogens with two attached hydrogens (primary N) is 1. The summed E-state index contributed by atoms with van der Waals surface area (Å²) < 4.78 is 1.94. The zero-order valence-corrected chi connectivity index (χ0v) is 7.45. The molecular weight excluding hydrogens is 150 g/mol. The first-order valence-corrected chi connectivity index (χ1v) is 4.43. The summed E-state index contributed by atoms with van der Waals surface area (Å²) in [5, 5.41) is 4.14. The van der Waals surface area contributed by atoms with E-state index in [1.807, 2.05) is 17.9 Å². The Morgan fingerprint density at radius 1 is 1.67 bits per heavy atom. The lowest BCUT2D eigenvalue weighted by Gasteiger charge is -2.11. The lowest BCUT2D eigenvalue weighted by Crippen LogP contribution is -2.19. The van der Waals surface area contributed by atoms with Crippen LogP contribution in [0.15, 0.2) is 12.3 Å². The van der Waals surface area contributed by atoms with E-state index in [9.17, 15) is 0 Å². The van der Waals surface area contributed by atoms with Crippen molar-refractivity contribution in [1.29, 1.82) is 0 Å². The van der Waals surface area contributed by atoms with Crippen LogP contribution in [0.5, 0.6) is 0 Å². The van der Waals surface area contributed by atoms with Crippen molar-refractivity contribution in [3.05, 3.63) is 18.0 Å². The van der Waals surface area contributed by atoms with Crippen molar-refractivity contribution in [3.63, 3.8) is 0 Å². The topological polar surface area (TPSA) is 43.8 Å². The molecule has 0 bridgehead atoms. The summed E-state index contributed by atoms with van der Waals surface area (Å²) in [6.07, 6.45) is 5.52. The van der Waals surface area contributed by atoms with Gasteiger partial charge < -0.3 is 5.73 Å². The van der Waals surface area contributed by atoms with E-state index in [0.717, 1.165) is 13.0 Å². The van der Waals surface area contributed by atoms with Gasteiger partial charge in [0.15, 0.2) is 0 Å². The van der Waals surface area contributed by atoms with Crippen LogP contribution in [0.1, 0.15) is 18.5 Å². The first-order valence-electron chi connectivity index (χ1n) is 4.43. The fourth-order valence-corrected chi connectivity index (χ4v) is 1.59. The minimum atomic E-state index is 0.424. The monoisotopic (exact) mass is 165 g/mol. The molecule has 1 saturated carbocycles. The van der Waals surface area contributed by atoms with Crippen molar-refractivity contribution >= 4 is 0 Å². The van der Waals surface area contributed by atoms with Gasteiger partial charge in [-0.05, 0) is 37.3 Å². The van der Waals surface area contributed by atoms with Crippen molar-refractivity contribution < 1.29 is 0 Å². The molecule has 0 aliphatic heterocycles. The number of rotatable bonds is 3. The van der Waals surface area contributed by atoms with Crippen LogP contribution in [0.25, 0.3) is 0 Å². The zero-order valence-electron chi connectivity index (χ0n) is 7.45. The van der Waals surface area contributed by atoms with Crippen LogP contribution in [-0.4, -0.2) is 16.3 Å². The summed E-state index contributed by atoms with van der Waals surface area (Å²) in [7, 11) is 1.99. The molecule has 1 fully saturated rings. The molecule has 2 N–H and O–H groups in total. The van der Waals surface area contributed by atoms with Gasteiger partial charge in [0, 0.05) is 18.9 Å². The summed E-state index contributed by atoms with van der Waals surface area (Å²) in [6, 6.07) is 2.08. The third-order valence-corrected chi connectivity index (χ3v) is 2.87. The van der Waals surface area contributed by atoms with E-state index in [1.165, 1.54) is 18.5 Å². The number of hydrogen-bond donors (Lipinski definition) is 1. The number of aromatic nitrogens is 2. The predicted molar refractivity (Wildman–Crippen MR) is 47.6 cm³/mol. The van der Waals surface area contributed by atoms with Gasteiger partial charge in [0.2, 0.25) is 0 Å². The molecule has 0 spiro atoms. The molecule has 66 valence electrons. The van der Waals surface area contributed by atoms with Gasteiger partial charge in [-0.15, -0.1) is 0 Å². The van der Waals surface area contributed by atoms with Gasteiger partial charge in [0.1, 0.15) is 0 Å². The molecule has 1 aromatic heterocycles. The van der Waals surface area contributed by atoms with Crippen LogP contribution >= 0.6 is 0 Å².